The molecule has 0 radical (unpaired) electrons. The first-order valence-corrected chi connectivity index (χ1v) is 21.3. The zero-order valence-corrected chi connectivity index (χ0v) is 40.9. The zero-order chi connectivity index (χ0) is 46.7. The van der Waals surface area contributed by atoms with Crippen LogP contribution in [0.2, 0.25) is 0 Å². The Hall–Kier alpha value is -6.29. The summed E-state index contributed by atoms with van der Waals surface area (Å²) in [6, 6.07) is 33.8. The van der Waals surface area contributed by atoms with Crippen LogP contribution in [0.4, 0.5) is 11.6 Å². The second kappa shape index (κ2) is 31.6. The number of pyridine rings is 6. The number of anilines is 2. The lowest BCUT2D eigenvalue weighted by Crippen LogP contribution is -2.41. The van der Waals surface area contributed by atoms with E-state index in [2.05, 4.69) is 51.3 Å². The van der Waals surface area contributed by atoms with Gasteiger partial charge in [-0.25, -0.2) is 17.6 Å². The number of aromatic nitrogens is 6. The smallest absolute Gasteiger partial charge is 0.299 e. The van der Waals surface area contributed by atoms with Gasteiger partial charge in [-0.1, -0.05) is 40.5 Å². The van der Waals surface area contributed by atoms with Gasteiger partial charge in [-0.15, -0.1) is 44.8 Å². The largest absolute Gasteiger partial charge is 0.726 e. The van der Waals surface area contributed by atoms with Crippen molar-refractivity contribution in [3.63, 3.8) is 0 Å². The summed E-state index contributed by atoms with van der Waals surface area (Å²) in [6.07, 6.45) is 11.0. The number of nitrogens with one attached hydrogen (secondary N) is 4. The maximum Gasteiger partial charge on any atom is 0.299 e. The molecule has 6 aromatic heterocycles. The molecule has 6 rings (SSSR count). The average molecular weight is 1080 g/mol. The number of rotatable bonds is 17. The van der Waals surface area contributed by atoms with Crippen molar-refractivity contribution in [2.75, 3.05) is 44.4 Å². The third-order valence-electron chi connectivity index (χ3n) is 8.60. The highest BCUT2D eigenvalue weighted by Crippen LogP contribution is 2.02. The summed E-state index contributed by atoms with van der Waals surface area (Å²) in [5, 5.41) is 54.9. The van der Waals surface area contributed by atoms with Gasteiger partial charge in [0.15, 0.2) is 17.2 Å². The molecule has 6 heterocycles. The lowest BCUT2D eigenvalue weighted by molar-refractivity contribution is -0.684. The van der Waals surface area contributed by atoms with E-state index >= 15 is 0 Å². The number of aryl methyl sites for hydroxylation is 1. The molecule has 8 N–H and O–H groups in total. The Kier molecular flexibility index (Phi) is 26.8. The van der Waals surface area contributed by atoms with E-state index in [0.717, 1.165) is 18.6 Å². The van der Waals surface area contributed by atoms with E-state index in [4.69, 9.17) is 0 Å². The molecule has 0 aliphatic heterocycles. The van der Waals surface area contributed by atoms with E-state index in [9.17, 15) is 33.4 Å². The van der Waals surface area contributed by atoms with Crippen LogP contribution in [0.5, 0.6) is 0 Å². The number of aliphatic hydroxyl groups excluding tert-OH is 4. The Balaban J connectivity index is 0.000000400. The summed E-state index contributed by atoms with van der Waals surface area (Å²) >= 11 is 0. The molecular formula is C42H56Br2N14O8S+2. The van der Waals surface area contributed by atoms with Crippen LogP contribution in [0.1, 0.15) is 11.4 Å². The van der Waals surface area contributed by atoms with Crippen LogP contribution < -0.4 is 46.4 Å². The molecule has 0 bridgehead atoms. The number of halogens is 2. The van der Waals surface area contributed by atoms with E-state index in [1.54, 1.807) is 6.20 Å². The van der Waals surface area contributed by atoms with Crippen LogP contribution in [-0.2, 0) is 47.8 Å². The fraction of sp³-hybridized carbons (Fsp3) is 0.238. The van der Waals surface area contributed by atoms with E-state index in [1.807, 2.05) is 170 Å². The number of aliphatic hydroxyl groups is 4. The number of nitrogens with zero attached hydrogens (tertiary/aromatic N) is 10. The summed E-state index contributed by atoms with van der Waals surface area (Å²) in [5.74, 6) is 2.38. The van der Waals surface area contributed by atoms with Gasteiger partial charge in [-0.05, 0) is 54.6 Å². The quantitative estimate of drug-likeness (QED) is 0.0146. The summed E-state index contributed by atoms with van der Waals surface area (Å²) in [5.41, 5.74) is 14.8. The Bertz CT molecular complexity index is 2690. The van der Waals surface area contributed by atoms with Crippen molar-refractivity contribution in [1.29, 1.82) is 0 Å². The van der Waals surface area contributed by atoms with Crippen LogP contribution in [0, 0.1) is 0 Å². The third kappa shape index (κ3) is 20.0. The molecule has 0 fully saturated rings. The lowest BCUT2D eigenvalue weighted by Gasteiger charge is -2.07. The summed E-state index contributed by atoms with van der Waals surface area (Å²) in [7, 11) is -1.68. The molecule has 0 saturated carbocycles. The Morgan fingerprint density at radius 1 is 0.657 bits per heavy atom. The molecule has 0 spiro atoms. The van der Waals surface area contributed by atoms with E-state index in [1.165, 1.54) is 0 Å². The van der Waals surface area contributed by atoms with E-state index < -0.39 is 10.4 Å². The van der Waals surface area contributed by atoms with Crippen molar-refractivity contribution in [2.45, 2.75) is 26.2 Å². The van der Waals surface area contributed by atoms with Crippen molar-refractivity contribution in [3.05, 3.63) is 169 Å². The van der Waals surface area contributed by atoms with Gasteiger partial charge < -0.3 is 34.1 Å². The molecule has 0 aliphatic rings. The number of amidine groups is 2. The molecule has 67 heavy (non-hydrogen) atoms. The number of hydrogen-bond donors (Lipinski definition) is 8. The van der Waals surface area contributed by atoms with Crippen molar-refractivity contribution in [3.8, 4) is 0 Å². The maximum atomic E-state index is 9.28. The van der Waals surface area contributed by atoms with Gasteiger partial charge in [-0.2, -0.15) is 14.8 Å². The fourth-order valence-corrected chi connectivity index (χ4v) is 5.49. The molecule has 0 aromatic carbocycles. The molecule has 0 amide bonds. The van der Waals surface area contributed by atoms with E-state index in [0.29, 0.717) is 60.3 Å². The molecule has 0 saturated heterocycles. The van der Waals surface area contributed by atoms with Crippen molar-refractivity contribution >= 4 is 67.7 Å². The Morgan fingerprint density at radius 2 is 1.12 bits per heavy atom. The first-order valence-electron chi connectivity index (χ1n) is 20.0. The molecule has 0 unspecified atom stereocenters. The van der Waals surface area contributed by atoms with Gasteiger partial charge in [0.2, 0.25) is 16.2 Å². The molecule has 360 valence electrons. The monoisotopic (exact) mass is 1070 g/mol. The predicted octanol–water partition coefficient (Wildman–Crippen LogP) is -0.253. The molecule has 6 aromatic rings. The van der Waals surface area contributed by atoms with Gasteiger partial charge in [0.05, 0.1) is 45.9 Å². The topological polar surface area (TPSA) is 279 Å². The predicted molar refractivity (Wildman–Crippen MR) is 257 cm³/mol. The Morgan fingerprint density at radius 3 is 1.58 bits per heavy atom. The standard InChI is InChI=1S/C21H26N7O2.C20H23N7O2.CH4O4S.2BrH/c1-26-11-5-2-8-18(26)21(24-22-19-9-3-6-12-27(19)14-16-29)25-23-20-10-4-7-13-28(20)15-17-30;28-15-13-26-11-5-2-8-18(26)22-24-20(17-7-1-4-10-21-17)25-23-19-9-3-6-12-27(19)14-16-29;1-5-6(2,3)4;;/h2-13,29-30H,14-17H2,1H3,(H,24,25);1-12,28-29H,13-16H2,(H,24,25);1H3,(H,2,3,4);2*1H/q+1;;;;/p+1/b;22-18+;;;. The van der Waals surface area contributed by atoms with Gasteiger partial charge >= 0.3 is 0 Å². The van der Waals surface area contributed by atoms with Gasteiger partial charge in [0.1, 0.15) is 25.8 Å². The highest BCUT2D eigenvalue weighted by atomic mass is 79.9. The van der Waals surface area contributed by atoms with Crippen LogP contribution >= 0.6 is 34.0 Å². The minimum absolute atomic E-state index is 0. The summed E-state index contributed by atoms with van der Waals surface area (Å²) in [6.45, 7) is 1.85. The number of hydrogen-bond acceptors (Lipinski definition) is 15. The van der Waals surface area contributed by atoms with Crippen LogP contribution in [-0.4, -0.2) is 92.7 Å². The van der Waals surface area contributed by atoms with E-state index in [-0.39, 0.29) is 60.4 Å². The minimum Gasteiger partial charge on any atom is -0.726 e. The number of hydrazone groups is 2. The maximum absolute atomic E-state index is 9.28. The zero-order valence-electron chi connectivity index (χ0n) is 36.6. The molecule has 0 aliphatic carbocycles. The first kappa shape index (κ1) is 56.8. The van der Waals surface area contributed by atoms with Crippen molar-refractivity contribution in [2.24, 2.45) is 27.5 Å². The average Bonchev–Trinajstić information content (AvgIpc) is 3.32. The highest BCUT2D eigenvalue weighted by Gasteiger charge is 2.17. The van der Waals surface area contributed by atoms with Crippen molar-refractivity contribution < 1.29 is 51.3 Å². The minimum atomic E-state index is -4.41. The third-order valence-corrected chi connectivity index (χ3v) is 9.01. The normalized spacial score (nSPS) is 11.7. The van der Waals surface area contributed by atoms with Crippen molar-refractivity contribution in [1.82, 2.24) is 25.0 Å². The summed E-state index contributed by atoms with van der Waals surface area (Å²) in [4.78, 5) is 4.33. The second-order valence-corrected chi connectivity index (χ2v) is 14.2. The van der Waals surface area contributed by atoms with Gasteiger partial charge in [0, 0.05) is 55.9 Å². The fourth-order valence-electron chi connectivity index (χ4n) is 5.49. The summed E-state index contributed by atoms with van der Waals surface area (Å²) < 4.78 is 40.3. The molecule has 25 heteroatoms. The first-order chi connectivity index (χ1) is 31.6. The lowest BCUT2D eigenvalue weighted by atomic mass is 10.3. The Labute approximate surface area is 408 Å². The second-order valence-electron chi connectivity index (χ2n) is 13.0. The molecular weight excluding hydrogens is 1020 g/mol. The van der Waals surface area contributed by atoms with Gasteiger partial charge in [0.25, 0.3) is 23.2 Å². The molecule has 22 nitrogen and oxygen atoms in total. The van der Waals surface area contributed by atoms with Gasteiger partial charge in [-0.3, -0.25) is 20.0 Å². The van der Waals surface area contributed by atoms with Crippen LogP contribution in [0.3, 0.4) is 0 Å². The SMILES string of the molecule is Br.Br.COS(=O)(=O)[O-].C[n+]1ccccc1C(=NNc1cccc[n+]1CCO)N/N=c1\ccccn1CCO.OCCn1cccc/c1=N\NC(=NNc1cccc[n+]1CCO)c1ccccn1. The molecule has 0 atom stereocenters. The van der Waals surface area contributed by atoms with Crippen LogP contribution in [0.15, 0.2) is 167 Å². The van der Waals surface area contributed by atoms with Crippen LogP contribution in [0.25, 0.3) is 0 Å². The highest BCUT2D eigenvalue weighted by molar-refractivity contribution is 8.93.